The molecule has 3 aromatic carbocycles. The largest absolute Gasteiger partial charge is 0.480 e. The third kappa shape index (κ3) is 7.65. The molecule has 2 N–H and O–H groups in total. The first-order valence-electron chi connectivity index (χ1n) is 16.9. The molecular formula is C40H40N4O8. The van der Waals surface area contributed by atoms with Crippen LogP contribution in [0, 0.1) is 0 Å². The van der Waals surface area contributed by atoms with Crippen LogP contribution in [-0.4, -0.2) is 67.8 Å². The third-order valence-corrected chi connectivity index (χ3v) is 8.40. The molecule has 1 atom stereocenters. The van der Waals surface area contributed by atoms with Gasteiger partial charge in [0.2, 0.25) is 0 Å². The van der Waals surface area contributed by atoms with Gasteiger partial charge in [-0.3, -0.25) is 4.57 Å². The summed E-state index contributed by atoms with van der Waals surface area (Å²) < 4.78 is 18.0. The number of carbonyl (C=O) groups excluding carboxylic acids is 3. The topological polar surface area (TPSA) is 159 Å². The summed E-state index contributed by atoms with van der Waals surface area (Å²) in [5.74, 6) is -2.12. The molecule has 0 saturated carbocycles. The molecule has 0 aliphatic heterocycles. The fourth-order valence-corrected chi connectivity index (χ4v) is 6.29. The number of aromatic nitrogens is 3. The van der Waals surface area contributed by atoms with Gasteiger partial charge in [0.25, 0.3) is 0 Å². The maximum absolute atomic E-state index is 13.6. The van der Waals surface area contributed by atoms with E-state index in [1.54, 1.807) is 65.8 Å². The minimum Gasteiger partial charge on any atom is -0.480 e. The van der Waals surface area contributed by atoms with Gasteiger partial charge in [-0.15, -0.1) is 10.2 Å². The number of nitrogens with one attached hydrogen (secondary N) is 1. The summed E-state index contributed by atoms with van der Waals surface area (Å²) in [7, 11) is 0. The molecule has 12 nitrogen and oxygen atoms in total. The van der Waals surface area contributed by atoms with Gasteiger partial charge in [-0.1, -0.05) is 66.7 Å². The predicted molar refractivity (Wildman–Crippen MR) is 193 cm³/mol. The molecule has 0 spiro atoms. The fourth-order valence-electron chi connectivity index (χ4n) is 6.29. The molecule has 1 amide bonds. The van der Waals surface area contributed by atoms with E-state index >= 15 is 0 Å². The van der Waals surface area contributed by atoms with Crippen molar-refractivity contribution in [2.75, 3.05) is 6.61 Å². The Bertz CT molecular complexity index is 2130. The van der Waals surface area contributed by atoms with Crippen LogP contribution in [0.4, 0.5) is 9.59 Å². The molecule has 2 heterocycles. The normalized spacial score (nSPS) is 13.2. The Kier molecular flexibility index (Phi) is 9.59. The van der Waals surface area contributed by atoms with Gasteiger partial charge in [0.05, 0.1) is 11.2 Å². The van der Waals surface area contributed by atoms with Crippen LogP contribution in [0.1, 0.15) is 74.6 Å². The number of esters is 1. The number of benzene rings is 3. The van der Waals surface area contributed by atoms with E-state index in [1.165, 1.54) is 16.8 Å². The van der Waals surface area contributed by atoms with Crippen molar-refractivity contribution >= 4 is 35.0 Å². The maximum Gasteiger partial charge on any atom is 0.419 e. The molecule has 1 aliphatic carbocycles. The van der Waals surface area contributed by atoms with Crippen LogP contribution >= 0.6 is 0 Å². The number of rotatable bonds is 8. The second-order valence-electron chi connectivity index (χ2n) is 14.6. The Morgan fingerprint density at radius 2 is 1.40 bits per heavy atom. The SMILES string of the molecule is CC(C)(C)OC(=O)c1ccc(-c2cccc3c(C[C@H](NC(=O)OCC4c5ccccc5-c5ccccc54)C(=O)O)cn(C(=O)OC(C)(C)C)c23)nn1. The van der Waals surface area contributed by atoms with Crippen molar-refractivity contribution in [1.29, 1.82) is 0 Å². The number of carboxylic acids is 1. The van der Waals surface area contributed by atoms with Crippen LogP contribution in [0.2, 0.25) is 0 Å². The average molecular weight is 705 g/mol. The molecule has 0 unspecified atom stereocenters. The lowest BCUT2D eigenvalue weighted by Gasteiger charge is -2.20. The van der Waals surface area contributed by atoms with Gasteiger partial charge in [0, 0.05) is 29.5 Å². The van der Waals surface area contributed by atoms with Crippen molar-refractivity contribution in [3.8, 4) is 22.4 Å². The van der Waals surface area contributed by atoms with Gasteiger partial charge < -0.3 is 24.6 Å². The Labute approximate surface area is 300 Å². The van der Waals surface area contributed by atoms with E-state index < -0.39 is 41.4 Å². The molecule has 52 heavy (non-hydrogen) atoms. The second kappa shape index (κ2) is 13.9. The van der Waals surface area contributed by atoms with Crippen LogP contribution in [0.5, 0.6) is 0 Å². The predicted octanol–water partition coefficient (Wildman–Crippen LogP) is 7.37. The van der Waals surface area contributed by atoms with E-state index in [0.29, 0.717) is 27.7 Å². The number of fused-ring (bicyclic) bond motifs is 4. The van der Waals surface area contributed by atoms with Crippen molar-refractivity contribution in [2.45, 2.75) is 71.1 Å². The van der Waals surface area contributed by atoms with E-state index in [2.05, 4.69) is 15.5 Å². The zero-order valence-electron chi connectivity index (χ0n) is 29.8. The molecule has 268 valence electrons. The van der Waals surface area contributed by atoms with Crippen LogP contribution in [-0.2, 0) is 25.4 Å². The van der Waals surface area contributed by atoms with Crippen molar-refractivity contribution in [1.82, 2.24) is 20.1 Å². The highest BCUT2D eigenvalue weighted by molar-refractivity contribution is 6.01. The zero-order valence-corrected chi connectivity index (χ0v) is 29.8. The zero-order chi connectivity index (χ0) is 37.4. The summed E-state index contributed by atoms with van der Waals surface area (Å²) in [5, 5.41) is 21.6. The molecule has 1 aliphatic rings. The molecule has 2 aromatic heterocycles. The minimum absolute atomic E-state index is 0.0117. The number of para-hydroxylation sites is 1. The lowest BCUT2D eigenvalue weighted by molar-refractivity contribution is -0.139. The van der Waals surface area contributed by atoms with E-state index in [4.69, 9.17) is 14.2 Å². The molecule has 6 rings (SSSR count). The molecule has 0 fully saturated rings. The van der Waals surface area contributed by atoms with E-state index in [0.717, 1.165) is 22.3 Å². The minimum atomic E-state index is -1.40. The van der Waals surface area contributed by atoms with E-state index in [9.17, 15) is 24.3 Å². The number of hydrogen-bond acceptors (Lipinski definition) is 9. The number of ether oxygens (including phenoxy) is 3. The first-order chi connectivity index (χ1) is 24.6. The van der Waals surface area contributed by atoms with Crippen molar-refractivity contribution in [3.05, 3.63) is 107 Å². The van der Waals surface area contributed by atoms with Gasteiger partial charge in [-0.05, 0) is 81.5 Å². The summed E-state index contributed by atoms with van der Waals surface area (Å²) in [4.78, 5) is 51.8. The van der Waals surface area contributed by atoms with Gasteiger partial charge in [0.15, 0.2) is 5.69 Å². The van der Waals surface area contributed by atoms with Gasteiger partial charge in [-0.2, -0.15) is 0 Å². The Morgan fingerprint density at radius 3 is 1.98 bits per heavy atom. The monoisotopic (exact) mass is 704 g/mol. The number of alkyl carbamates (subject to hydrolysis) is 1. The summed E-state index contributed by atoms with van der Waals surface area (Å²) in [6.07, 6.45) is -0.268. The lowest BCUT2D eigenvalue weighted by atomic mass is 9.98. The molecule has 0 radical (unpaired) electrons. The van der Waals surface area contributed by atoms with Gasteiger partial charge in [0.1, 0.15) is 23.9 Å². The summed E-state index contributed by atoms with van der Waals surface area (Å²) in [6, 6.07) is 22.7. The number of nitrogens with zero attached hydrogens (tertiary/aromatic N) is 3. The first-order valence-corrected chi connectivity index (χ1v) is 16.9. The van der Waals surface area contributed by atoms with E-state index in [1.807, 2.05) is 48.5 Å². The Hall–Kier alpha value is -6.04. The molecule has 12 heteroatoms. The van der Waals surface area contributed by atoms with Crippen molar-refractivity contribution in [2.24, 2.45) is 0 Å². The highest BCUT2D eigenvalue weighted by Crippen LogP contribution is 2.44. The Balaban J connectivity index is 1.27. The van der Waals surface area contributed by atoms with Crippen LogP contribution in [0.15, 0.2) is 85.1 Å². The second-order valence-corrected chi connectivity index (χ2v) is 14.6. The average Bonchev–Trinajstić information content (AvgIpc) is 3.61. The third-order valence-electron chi connectivity index (χ3n) is 8.40. The number of amides is 1. The fraction of sp³-hybridized carbons (Fsp3) is 0.300. The maximum atomic E-state index is 13.6. The highest BCUT2D eigenvalue weighted by atomic mass is 16.6. The Morgan fingerprint density at radius 1 is 0.788 bits per heavy atom. The quantitative estimate of drug-likeness (QED) is 0.123. The summed E-state index contributed by atoms with van der Waals surface area (Å²) in [6.45, 7) is 10.5. The summed E-state index contributed by atoms with van der Waals surface area (Å²) in [5.41, 5.74) is 4.31. The van der Waals surface area contributed by atoms with E-state index in [-0.39, 0.29) is 24.6 Å². The smallest absolute Gasteiger partial charge is 0.419 e. The number of aliphatic carboxylic acids is 1. The first kappa shape index (κ1) is 35.8. The standard InChI is InChI=1S/C40H40N4O8/c1-39(2,3)51-36(47)32-19-18-31(42-43-32)29-17-11-16-24-23(21-44(34(24)29)38(49)52-40(4,5)6)20-33(35(45)46)41-37(48)50-22-30-27-14-9-7-12-25(27)26-13-8-10-15-28(26)30/h7-19,21,30,33H,20,22H2,1-6H3,(H,41,48)(H,45,46)/t33-/m0/s1. The molecule has 0 bridgehead atoms. The lowest BCUT2D eigenvalue weighted by Crippen LogP contribution is -2.42. The molecular weight excluding hydrogens is 664 g/mol. The molecule has 0 saturated heterocycles. The van der Waals surface area contributed by atoms with Crippen LogP contribution < -0.4 is 5.32 Å². The highest BCUT2D eigenvalue weighted by Gasteiger charge is 2.31. The number of carbonyl (C=O) groups is 4. The summed E-state index contributed by atoms with van der Waals surface area (Å²) >= 11 is 0. The van der Waals surface area contributed by atoms with Gasteiger partial charge >= 0.3 is 24.1 Å². The number of carboxylic acid groups (broad SMARTS) is 1. The van der Waals surface area contributed by atoms with Crippen LogP contribution in [0.25, 0.3) is 33.3 Å². The molecule has 5 aromatic rings. The number of hydrogen-bond donors (Lipinski definition) is 2. The van der Waals surface area contributed by atoms with Crippen molar-refractivity contribution in [3.63, 3.8) is 0 Å². The van der Waals surface area contributed by atoms with Crippen LogP contribution in [0.3, 0.4) is 0 Å². The van der Waals surface area contributed by atoms with Gasteiger partial charge in [-0.25, -0.2) is 19.2 Å². The van der Waals surface area contributed by atoms with Crippen molar-refractivity contribution < 1.29 is 38.5 Å².